The lowest BCUT2D eigenvalue weighted by Gasteiger charge is -2.20. The molecular formula is C21H22ClN5O4. The quantitative estimate of drug-likeness (QED) is 0.582. The number of carbonyl (C=O) groups is 2. The van der Waals surface area contributed by atoms with Crippen molar-refractivity contribution in [2.75, 3.05) is 10.6 Å². The van der Waals surface area contributed by atoms with Crippen molar-refractivity contribution in [2.24, 2.45) is 5.92 Å². The van der Waals surface area contributed by atoms with Gasteiger partial charge in [-0.05, 0) is 57.9 Å². The Morgan fingerprint density at radius 2 is 1.87 bits per heavy atom. The summed E-state index contributed by atoms with van der Waals surface area (Å²) < 4.78 is 12.7. The van der Waals surface area contributed by atoms with Crippen molar-refractivity contribution >= 4 is 40.9 Å². The number of carbonyl (C=O) groups excluding carboxylic acids is 2. The van der Waals surface area contributed by atoms with Crippen molar-refractivity contribution in [3.63, 3.8) is 0 Å². The standard InChI is InChI=1S/C21H22ClN5O4/c1-21(2,3)31-20(29)23-16-10-13(6-8-15(16)22)30-14-7-9-17-24-19(26-27(17)11-14)25-18(28)12-4-5-12/h6-12H,4-5H2,1-3H3,(H,23,29)(H,25,26,28). The lowest BCUT2D eigenvalue weighted by Crippen LogP contribution is -2.27. The van der Waals surface area contributed by atoms with Crippen molar-refractivity contribution in [3.8, 4) is 11.5 Å². The van der Waals surface area contributed by atoms with E-state index in [1.807, 2.05) is 0 Å². The van der Waals surface area contributed by atoms with Gasteiger partial charge in [-0.2, -0.15) is 4.98 Å². The van der Waals surface area contributed by atoms with E-state index in [1.165, 1.54) is 4.52 Å². The van der Waals surface area contributed by atoms with Crippen LogP contribution in [0.5, 0.6) is 11.5 Å². The Balaban J connectivity index is 1.47. The first-order valence-corrected chi connectivity index (χ1v) is 10.2. The maximum absolute atomic E-state index is 12.0. The molecule has 0 aliphatic heterocycles. The number of amides is 2. The predicted octanol–water partition coefficient (Wildman–Crippen LogP) is 4.87. The summed E-state index contributed by atoms with van der Waals surface area (Å²) in [5.74, 6) is 1.21. The number of aromatic nitrogens is 3. The summed E-state index contributed by atoms with van der Waals surface area (Å²) in [4.78, 5) is 28.2. The minimum Gasteiger partial charge on any atom is -0.456 e. The predicted molar refractivity (Wildman–Crippen MR) is 116 cm³/mol. The molecule has 1 fully saturated rings. The van der Waals surface area contributed by atoms with Gasteiger partial charge in [0.15, 0.2) is 5.65 Å². The van der Waals surface area contributed by atoms with E-state index in [0.717, 1.165) is 12.8 Å². The lowest BCUT2D eigenvalue weighted by molar-refractivity contribution is -0.117. The summed E-state index contributed by atoms with van der Waals surface area (Å²) >= 11 is 6.18. The van der Waals surface area contributed by atoms with E-state index in [0.29, 0.717) is 27.9 Å². The van der Waals surface area contributed by atoms with Crippen LogP contribution in [0.1, 0.15) is 33.6 Å². The highest BCUT2D eigenvalue weighted by Gasteiger charge is 2.30. The fourth-order valence-electron chi connectivity index (χ4n) is 2.75. The normalized spacial score (nSPS) is 13.7. The van der Waals surface area contributed by atoms with E-state index in [9.17, 15) is 9.59 Å². The van der Waals surface area contributed by atoms with Crippen LogP contribution in [-0.2, 0) is 9.53 Å². The zero-order valence-electron chi connectivity index (χ0n) is 17.3. The van der Waals surface area contributed by atoms with Gasteiger partial charge in [0.25, 0.3) is 0 Å². The van der Waals surface area contributed by atoms with Crippen LogP contribution in [0, 0.1) is 5.92 Å². The molecule has 1 aromatic carbocycles. The van der Waals surface area contributed by atoms with Crippen LogP contribution in [0.4, 0.5) is 16.4 Å². The monoisotopic (exact) mass is 443 g/mol. The van der Waals surface area contributed by atoms with Crippen LogP contribution >= 0.6 is 11.6 Å². The number of anilines is 2. The molecule has 4 rings (SSSR count). The Morgan fingerprint density at radius 3 is 2.58 bits per heavy atom. The van der Waals surface area contributed by atoms with Gasteiger partial charge in [-0.1, -0.05) is 11.6 Å². The molecule has 31 heavy (non-hydrogen) atoms. The zero-order valence-corrected chi connectivity index (χ0v) is 18.1. The number of hydrogen-bond acceptors (Lipinski definition) is 6. The number of ether oxygens (including phenoxy) is 2. The molecule has 2 aromatic heterocycles. The first kappa shape index (κ1) is 20.9. The minimum absolute atomic E-state index is 0.0569. The number of hydrogen-bond donors (Lipinski definition) is 2. The molecule has 0 bridgehead atoms. The fourth-order valence-corrected chi connectivity index (χ4v) is 2.91. The lowest BCUT2D eigenvalue weighted by atomic mass is 10.2. The highest BCUT2D eigenvalue weighted by molar-refractivity contribution is 6.33. The van der Waals surface area contributed by atoms with E-state index in [2.05, 4.69) is 20.7 Å². The van der Waals surface area contributed by atoms with Gasteiger partial charge in [0.05, 0.1) is 16.9 Å². The van der Waals surface area contributed by atoms with Crippen LogP contribution in [0.2, 0.25) is 5.02 Å². The number of nitrogens with zero attached hydrogens (tertiary/aromatic N) is 3. The summed E-state index contributed by atoms with van der Waals surface area (Å²) in [6.45, 7) is 5.32. The van der Waals surface area contributed by atoms with Crippen LogP contribution in [-0.4, -0.2) is 32.2 Å². The second-order valence-electron chi connectivity index (χ2n) is 8.24. The van der Waals surface area contributed by atoms with E-state index >= 15 is 0 Å². The molecular weight excluding hydrogens is 422 g/mol. The third-order valence-electron chi connectivity index (χ3n) is 4.30. The molecule has 1 aliphatic rings. The summed E-state index contributed by atoms with van der Waals surface area (Å²) in [6.07, 6.45) is 2.84. The van der Waals surface area contributed by atoms with Crippen molar-refractivity contribution in [1.82, 2.24) is 14.6 Å². The van der Waals surface area contributed by atoms with Crippen LogP contribution in [0.3, 0.4) is 0 Å². The maximum Gasteiger partial charge on any atom is 0.412 e. The molecule has 162 valence electrons. The van der Waals surface area contributed by atoms with Gasteiger partial charge in [-0.3, -0.25) is 15.4 Å². The molecule has 0 spiro atoms. The topological polar surface area (TPSA) is 107 Å². The van der Waals surface area contributed by atoms with E-state index < -0.39 is 11.7 Å². The van der Waals surface area contributed by atoms with E-state index in [4.69, 9.17) is 21.1 Å². The number of pyridine rings is 1. The molecule has 9 nitrogen and oxygen atoms in total. The number of rotatable bonds is 5. The second-order valence-corrected chi connectivity index (χ2v) is 8.64. The Bertz CT molecular complexity index is 1150. The Hall–Kier alpha value is -3.33. The number of fused-ring (bicyclic) bond motifs is 1. The molecule has 2 amide bonds. The molecule has 10 heteroatoms. The van der Waals surface area contributed by atoms with Crippen molar-refractivity contribution < 1.29 is 19.1 Å². The average molecular weight is 444 g/mol. The van der Waals surface area contributed by atoms with Crippen LogP contribution < -0.4 is 15.4 Å². The molecule has 0 unspecified atom stereocenters. The van der Waals surface area contributed by atoms with Crippen molar-refractivity contribution in [3.05, 3.63) is 41.6 Å². The summed E-state index contributed by atoms with van der Waals surface area (Å²) in [5.41, 5.74) is 0.302. The second kappa shape index (κ2) is 8.07. The van der Waals surface area contributed by atoms with Crippen molar-refractivity contribution in [1.29, 1.82) is 0 Å². The van der Waals surface area contributed by atoms with E-state index in [1.54, 1.807) is 57.3 Å². The summed E-state index contributed by atoms with van der Waals surface area (Å²) in [5, 5.41) is 9.96. The zero-order chi connectivity index (χ0) is 22.2. The number of nitrogens with one attached hydrogen (secondary N) is 2. The molecule has 1 aliphatic carbocycles. The maximum atomic E-state index is 12.0. The van der Waals surface area contributed by atoms with Gasteiger partial charge in [-0.15, -0.1) is 5.10 Å². The van der Waals surface area contributed by atoms with Crippen LogP contribution in [0.15, 0.2) is 36.5 Å². The van der Waals surface area contributed by atoms with E-state index in [-0.39, 0.29) is 17.8 Å². The SMILES string of the molecule is CC(C)(C)OC(=O)Nc1cc(Oc2ccc3nc(NC(=O)C4CC4)nn3c2)ccc1Cl. The molecule has 1 saturated carbocycles. The van der Waals surface area contributed by atoms with Crippen molar-refractivity contribution in [2.45, 2.75) is 39.2 Å². The first-order chi connectivity index (χ1) is 14.7. The first-order valence-electron chi connectivity index (χ1n) is 9.81. The Kier molecular flexibility index (Phi) is 5.45. The van der Waals surface area contributed by atoms with Gasteiger partial charge < -0.3 is 9.47 Å². The summed E-state index contributed by atoms with van der Waals surface area (Å²) in [7, 11) is 0. The Morgan fingerprint density at radius 1 is 1.13 bits per heavy atom. The summed E-state index contributed by atoms with van der Waals surface area (Å²) in [6, 6.07) is 8.34. The Labute approximate surface area is 183 Å². The molecule has 2 N–H and O–H groups in total. The molecule has 0 saturated heterocycles. The molecule has 2 heterocycles. The minimum atomic E-state index is -0.630. The number of halogens is 1. The molecule has 3 aromatic rings. The number of benzene rings is 1. The highest BCUT2D eigenvalue weighted by Crippen LogP contribution is 2.31. The third-order valence-corrected chi connectivity index (χ3v) is 4.63. The average Bonchev–Trinajstić information content (AvgIpc) is 3.44. The van der Waals surface area contributed by atoms with Gasteiger partial charge in [-0.25, -0.2) is 9.31 Å². The van der Waals surface area contributed by atoms with Gasteiger partial charge in [0.1, 0.15) is 17.1 Å². The van der Waals surface area contributed by atoms with Gasteiger partial charge in [0, 0.05) is 12.0 Å². The smallest absolute Gasteiger partial charge is 0.412 e. The molecule has 0 atom stereocenters. The van der Waals surface area contributed by atoms with Crippen LogP contribution in [0.25, 0.3) is 5.65 Å². The van der Waals surface area contributed by atoms with Gasteiger partial charge >= 0.3 is 6.09 Å². The largest absolute Gasteiger partial charge is 0.456 e. The third kappa shape index (κ3) is 5.43. The fraction of sp³-hybridized carbons (Fsp3) is 0.333. The highest BCUT2D eigenvalue weighted by atomic mass is 35.5. The molecule has 0 radical (unpaired) electrons. The van der Waals surface area contributed by atoms with Gasteiger partial charge in [0.2, 0.25) is 11.9 Å².